The smallest absolute Gasteiger partial charge is 0.119 e. The van der Waals surface area contributed by atoms with Gasteiger partial charge in [0.05, 0.1) is 6.61 Å². The van der Waals surface area contributed by atoms with E-state index in [0.717, 1.165) is 12.4 Å². The summed E-state index contributed by atoms with van der Waals surface area (Å²) in [5.41, 5.74) is 0. The predicted molar refractivity (Wildman–Crippen MR) is 59.8 cm³/mol. The van der Waals surface area contributed by atoms with Crippen molar-refractivity contribution in [1.82, 2.24) is 0 Å². The second-order valence-electron chi connectivity index (χ2n) is 2.36. The second kappa shape index (κ2) is 10.1. The summed E-state index contributed by atoms with van der Waals surface area (Å²) >= 11 is 0. The van der Waals surface area contributed by atoms with Crippen molar-refractivity contribution in [2.45, 2.75) is 20.8 Å². The van der Waals surface area contributed by atoms with E-state index in [-0.39, 0.29) is 0 Å². The Labute approximate surface area is 86.9 Å². The molecule has 80 valence electrons. The molecule has 0 aliphatic heterocycles. The van der Waals surface area contributed by atoms with Crippen LogP contribution in [0.3, 0.4) is 0 Å². The monoisotopic (exact) mass is 196 g/mol. The Balaban J connectivity index is 0.000000791. The van der Waals surface area contributed by atoms with E-state index in [2.05, 4.69) is 0 Å². The van der Waals surface area contributed by atoms with Gasteiger partial charge >= 0.3 is 0 Å². The third kappa shape index (κ3) is 6.49. The van der Waals surface area contributed by atoms with Crippen LogP contribution in [0.4, 0.5) is 0 Å². The van der Waals surface area contributed by atoms with E-state index in [1.54, 1.807) is 0 Å². The molecule has 0 atom stereocenters. The van der Waals surface area contributed by atoms with E-state index in [9.17, 15) is 0 Å². The van der Waals surface area contributed by atoms with E-state index in [1.807, 2.05) is 51.1 Å². The van der Waals surface area contributed by atoms with Crippen LogP contribution in [-0.4, -0.2) is 19.8 Å². The maximum atomic E-state index is 5.38. The first-order valence-corrected chi connectivity index (χ1v) is 5.19. The van der Waals surface area contributed by atoms with Gasteiger partial charge in [-0.2, -0.15) is 0 Å². The SMILES string of the molecule is CC.CCOCCOc1ccccc1. The first-order valence-electron chi connectivity index (χ1n) is 5.19. The van der Waals surface area contributed by atoms with Crippen LogP contribution >= 0.6 is 0 Å². The van der Waals surface area contributed by atoms with Crippen LogP contribution in [0.25, 0.3) is 0 Å². The zero-order chi connectivity index (χ0) is 10.6. The van der Waals surface area contributed by atoms with Gasteiger partial charge in [-0.05, 0) is 19.1 Å². The highest BCUT2D eigenvalue weighted by molar-refractivity contribution is 5.20. The molecule has 14 heavy (non-hydrogen) atoms. The maximum Gasteiger partial charge on any atom is 0.119 e. The Bertz CT molecular complexity index is 197. The summed E-state index contributed by atoms with van der Waals surface area (Å²) in [6, 6.07) is 9.75. The van der Waals surface area contributed by atoms with Gasteiger partial charge in [0.2, 0.25) is 0 Å². The molecule has 2 heteroatoms. The van der Waals surface area contributed by atoms with Gasteiger partial charge in [0.25, 0.3) is 0 Å². The maximum absolute atomic E-state index is 5.38. The minimum absolute atomic E-state index is 0.623. The Hall–Kier alpha value is -1.02. The lowest BCUT2D eigenvalue weighted by Gasteiger charge is -2.04. The molecule has 0 spiro atoms. The van der Waals surface area contributed by atoms with Crippen molar-refractivity contribution in [1.29, 1.82) is 0 Å². The van der Waals surface area contributed by atoms with Crippen molar-refractivity contribution in [2.24, 2.45) is 0 Å². The van der Waals surface area contributed by atoms with Crippen molar-refractivity contribution < 1.29 is 9.47 Å². The van der Waals surface area contributed by atoms with E-state index in [0.29, 0.717) is 13.2 Å². The van der Waals surface area contributed by atoms with Gasteiger partial charge in [0.1, 0.15) is 12.4 Å². The molecule has 2 nitrogen and oxygen atoms in total. The van der Waals surface area contributed by atoms with Gasteiger partial charge in [-0.3, -0.25) is 0 Å². The highest BCUT2D eigenvalue weighted by Gasteiger charge is 1.89. The van der Waals surface area contributed by atoms with Crippen LogP contribution in [0, 0.1) is 0 Å². The largest absolute Gasteiger partial charge is 0.491 e. The molecule has 1 aromatic carbocycles. The molecule has 0 fully saturated rings. The van der Waals surface area contributed by atoms with Crippen LogP contribution in [-0.2, 0) is 4.74 Å². The molecule has 0 radical (unpaired) electrons. The molecule has 0 unspecified atom stereocenters. The Kier molecular flexibility index (Phi) is 9.33. The third-order valence-electron chi connectivity index (χ3n) is 1.44. The number of benzene rings is 1. The highest BCUT2D eigenvalue weighted by atomic mass is 16.5. The van der Waals surface area contributed by atoms with E-state index >= 15 is 0 Å². The Morgan fingerprint density at radius 1 is 1.00 bits per heavy atom. The number of hydrogen-bond donors (Lipinski definition) is 0. The molecule has 0 saturated carbocycles. The Morgan fingerprint density at radius 3 is 2.21 bits per heavy atom. The lowest BCUT2D eigenvalue weighted by Crippen LogP contribution is -2.05. The number of para-hydroxylation sites is 1. The van der Waals surface area contributed by atoms with Crippen LogP contribution in [0.15, 0.2) is 30.3 Å². The molecule has 1 rings (SSSR count). The number of hydrogen-bond acceptors (Lipinski definition) is 2. The first-order chi connectivity index (χ1) is 6.93. The third-order valence-corrected chi connectivity index (χ3v) is 1.44. The fourth-order valence-corrected chi connectivity index (χ4v) is 0.880. The van der Waals surface area contributed by atoms with Crippen LogP contribution in [0.1, 0.15) is 20.8 Å². The summed E-state index contributed by atoms with van der Waals surface area (Å²) in [5.74, 6) is 0.900. The summed E-state index contributed by atoms with van der Waals surface area (Å²) in [7, 11) is 0. The summed E-state index contributed by atoms with van der Waals surface area (Å²) < 4.78 is 10.5. The van der Waals surface area contributed by atoms with Crippen molar-refractivity contribution in [3.63, 3.8) is 0 Å². The van der Waals surface area contributed by atoms with E-state index < -0.39 is 0 Å². The molecule has 1 aromatic rings. The summed E-state index contributed by atoms with van der Waals surface area (Å²) in [5, 5.41) is 0. The summed E-state index contributed by atoms with van der Waals surface area (Å²) in [6.45, 7) is 8.00. The van der Waals surface area contributed by atoms with Crippen molar-refractivity contribution in [2.75, 3.05) is 19.8 Å². The van der Waals surface area contributed by atoms with Gasteiger partial charge in [0, 0.05) is 6.61 Å². The quantitative estimate of drug-likeness (QED) is 0.674. The fraction of sp³-hybridized carbons (Fsp3) is 0.500. The lowest BCUT2D eigenvalue weighted by molar-refractivity contribution is 0.110. The first kappa shape index (κ1) is 13.0. The van der Waals surface area contributed by atoms with Crippen molar-refractivity contribution in [3.8, 4) is 5.75 Å². The van der Waals surface area contributed by atoms with Gasteiger partial charge < -0.3 is 9.47 Å². The van der Waals surface area contributed by atoms with Crippen molar-refractivity contribution >= 4 is 0 Å². The van der Waals surface area contributed by atoms with E-state index in [1.165, 1.54) is 0 Å². The fourth-order valence-electron chi connectivity index (χ4n) is 0.880. The summed E-state index contributed by atoms with van der Waals surface area (Å²) in [4.78, 5) is 0. The second-order valence-corrected chi connectivity index (χ2v) is 2.36. The molecule has 0 aliphatic carbocycles. The molecule has 0 heterocycles. The Morgan fingerprint density at radius 2 is 1.64 bits per heavy atom. The van der Waals surface area contributed by atoms with Crippen molar-refractivity contribution in [3.05, 3.63) is 30.3 Å². The zero-order valence-corrected chi connectivity index (χ0v) is 9.32. The number of ether oxygens (including phenoxy) is 2. The molecule has 0 amide bonds. The molecule has 0 N–H and O–H groups in total. The highest BCUT2D eigenvalue weighted by Crippen LogP contribution is 2.07. The lowest BCUT2D eigenvalue weighted by atomic mass is 10.3. The van der Waals surface area contributed by atoms with Crippen LogP contribution in [0.2, 0.25) is 0 Å². The molecule has 0 saturated heterocycles. The normalized spacial score (nSPS) is 8.79. The zero-order valence-electron chi connectivity index (χ0n) is 9.32. The minimum Gasteiger partial charge on any atom is -0.491 e. The van der Waals surface area contributed by atoms with Crippen LogP contribution in [0.5, 0.6) is 5.75 Å². The van der Waals surface area contributed by atoms with E-state index in [4.69, 9.17) is 9.47 Å². The molecule has 0 aliphatic rings. The van der Waals surface area contributed by atoms with Gasteiger partial charge in [-0.1, -0.05) is 32.0 Å². The van der Waals surface area contributed by atoms with Crippen LogP contribution < -0.4 is 4.74 Å². The topological polar surface area (TPSA) is 18.5 Å². The average molecular weight is 196 g/mol. The minimum atomic E-state index is 0.623. The summed E-state index contributed by atoms with van der Waals surface area (Å²) in [6.07, 6.45) is 0. The standard InChI is InChI=1S/C10H14O2.C2H6/c1-2-11-8-9-12-10-6-4-3-5-7-10;1-2/h3-7H,2,8-9H2,1H3;1-2H3. The van der Waals surface area contributed by atoms with Gasteiger partial charge in [-0.15, -0.1) is 0 Å². The average Bonchev–Trinajstić information content (AvgIpc) is 2.29. The molecular formula is C12H20O2. The molecular weight excluding hydrogens is 176 g/mol. The molecule has 0 bridgehead atoms. The number of rotatable bonds is 5. The van der Waals surface area contributed by atoms with Gasteiger partial charge in [-0.25, -0.2) is 0 Å². The molecule has 0 aromatic heterocycles. The van der Waals surface area contributed by atoms with Gasteiger partial charge in [0.15, 0.2) is 0 Å². The predicted octanol–water partition coefficient (Wildman–Crippen LogP) is 3.13.